The number of ether oxygens (including phenoxy) is 1. The van der Waals surface area contributed by atoms with E-state index in [0.29, 0.717) is 0 Å². The molecule has 2 aromatic rings. The Bertz CT molecular complexity index is 641. The molecule has 0 amide bonds. The Morgan fingerprint density at radius 3 is 2.57 bits per heavy atom. The number of pyridine rings is 1. The third-order valence-electron chi connectivity index (χ3n) is 3.17. The van der Waals surface area contributed by atoms with Crippen LogP contribution in [0.15, 0.2) is 36.5 Å². The molecule has 6 heteroatoms. The van der Waals surface area contributed by atoms with Gasteiger partial charge in [0.2, 0.25) is 5.82 Å². The number of aryl methyl sites for hydroxylation is 1. The van der Waals surface area contributed by atoms with Gasteiger partial charge < -0.3 is 10.1 Å². The first-order valence-corrected chi connectivity index (χ1v) is 6.53. The second-order valence-corrected chi connectivity index (χ2v) is 4.78. The van der Waals surface area contributed by atoms with Crippen molar-refractivity contribution in [1.29, 1.82) is 0 Å². The van der Waals surface area contributed by atoms with E-state index in [4.69, 9.17) is 4.74 Å². The average Bonchev–Trinajstić information content (AvgIpc) is 2.49. The second kappa shape index (κ2) is 6.21. The summed E-state index contributed by atoms with van der Waals surface area (Å²) in [5.74, 6) is 1.04. The summed E-state index contributed by atoms with van der Waals surface area (Å²) in [6.07, 6.45) is 1.61. The molecule has 0 aliphatic rings. The standard InChI is InChI=1S/C15H17N3O3/c1-10-8-14(18(19)20)15(16-9-10)17-11(2)12-4-6-13(21-3)7-5-12/h4-9,11H,1-3H3,(H,16,17). The summed E-state index contributed by atoms with van der Waals surface area (Å²) in [7, 11) is 1.61. The molecule has 0 aliphatic heterocycles. The van der Waals surface area contributed by atoms with Crippen molar-refractivity contribution in [2.24, 2.45) is 0 Å². The van der Waals surface area contributed by atoms with E-state index in [1.807, 2.05) is 31.2 Å². The quantitative estimate of drug-likeness (QED) is 0.673. The molecule has 6 nitrogen and oxygen atoms in total. The molecule has 0 spiro atoms. The Morgan fingerprint density at radius 2 is 2.00 bits per heavy atom. The van der Waals surface area contributed by atoms with Crippen LogP contribution in [0.25, 0.3) is 0 Å². The van der Waals surface area contributed by atoms with Crippen LogP contribution in [-0.2, 0) is 0 Å². The Balaban J connectivity index is 2.22. The lowest BCUT2D eigenvalue weighted by Gasteiger charge is -2.15. The largest absolute Gasteiger partial charge is 0.497 e. The highest BCUT2D eigenvalue weighted by Crippen LogP contribution is 2.27. The predicted octanol–water partition coefficient (Wildman–Crippen LogP) is 3.48. The van der Waals surface area contributed by atoms with Crippen molar-refractivity contribution >= 4 is 11.5 Å². The van der Waals surface area contributed by atoms with Gasteiger partial charge in [-0.2, -0.15) is 0 Å². The molecule has 1 heterocycles. The Hall–Kier alpha value is -2.63. The van der Waals surface area contributed by atoms with Crippen LogP contribution in [0.5, 0.6) is 5.75 Å². The lowest BCUT2D eigenvalue weighted by atomic mass is 10.1. The molecule has 21 heavy (non-hydrogen) atoms. The van der Waals surface area contributed by atoms with Crippen LogP contribution in [0.2, 0.25) is 0 Å². The summed E-state index contributed by atoms with van der Waals surface area (Å²) in [6, 6.07) is 8.93. The zero-order chi connectivity index (χ0) is 15.4. The first kappa shape index (κ1) is 14.8. The normalized spacial score (nSPS) is 11.8. The van der Waals surface area contributed by atoms with Crippen molar-refractivity contribution in [3.8, 4) is 5.75 Å². The van der Waals surface area contributed by atoms with Crippen LogP contribution in [-0.4, -0.2) is 17.0 Å². The molecule has 1 unspecified atom stereocenters. The van der Waals surface area contributed by atoms with E-state index in [1.54, 1.807) is 20.2 Å². The number of methoxy groups -OCH3 is 1. The molecule has 0 aliphatic carbocycles. The van der Waals surface area contributed by atoms with E-state index in [-0.39, 0.29) is 17.5 Å². The van der Waals surface area contributed by atoms with Gasteiger partial charge in [-0.05, 0) is 37.1 Å². The molecular weight excluding hydrogens is 270 g/mol. The zero-order valence-electron chi connectivity index (χ0n) is 12.2. The number of aromatic nitrogens is 1. The van der Waals surface area contributed by atoms with Crippen LogP contribution in [0, 0.1) is 17.0 Å². The van der Waals surface area contributed by atoms with E-state index >= 15 is 0 Å². The van der Waals surface area contributed by atoms with Crippen LogP contribution < -0.4 is 10.1 Å². The Kier molecular flexibility index (Phi) is 4.37. The van der Waals surface area contributed by atoms with Gasteiger partial charge in [0.15, 0.2) is 0 Å². The van der Waals surface area contributed by atoms with Crippen molar-refractivity contribution in [2.45, 2.75) is 19.9 Å². The van der Waals surface area contributed by atoms with Gasteiger partial charge in [0.1, 0.15) is 5.75 Å². The highest BCUT2D eigenvalue weighted by Gasteiger charge is 2.17. The van der Waals surface area contributed by atoms with E-state index in [1.165, 1.54) is 6.07 Å². The van der Waals surface area contributed by atoms with Crippen molar-refractivity contribution in [1.82, 2.24) is 4.98 Å². The smallest absolute Gasteiger partial charge is 0.311 e. The Labute approximate surface area is 122 Å². The molecule has 1 atom stereocenters. The van der Waals surface area contributed by atoms with E-state index in [0.717, 1.165) is 16.9 Å². The summed E-state index contributed by atoms with van der Waals surface area (Å²) in [6.45, 7) is 3.70. The van der Waals surface area contributed by atoms with Gasteiger partial charge in [-0.15, -0.1) is 0 Å². The predicted molar refractivity (Wildman–Crippen MR) is 80.7 cm³/mol. The fraction of sp³-hybridized carbons (Fsp3) is 0.267. The number of nitrogens with zero attached hydrogens (tertiary/aromatic N) is 2. The van der Waals surface area contributed by atoms with Gasteiger partial charge in [-0.3, -0.25) is 10.1 Å². The van der Waals surface area contributed by atoms with Crippen LogP contribution in [0.3, 0.4) is 0 Å². The molecule has 0 radical (unpaired) electrons. The van der Waals surface area contributed by atoms with Crippen LogP contribution >= 0.6 is 0 Å². The van der Waals surface area contributed by atoms with Crippen LogP contribution in [0.1, 0.15) is 24.1 Å². The van der Waals surface area contributed by atoms with Crippen molar-refractivity contribution < 1.29 is 9.66 Å². The van der Waals surface area contributed by atoms with E-state index < -0.39 is 4.92 Å². The highest BCUT2D eigenvalue weighted by atomic mass is 16.6. The molecule has 1 N–H and O–H groups in total. The summed E-state index contributed by atoms with van der Waals surface area (Å²) in [5.41, 5.74) is 1.73. The van der Waals surface area contributed by atoms with E-state index in [9.17, 15) is 10.1 Å². The van der Waals surface area contributed by atoms with Crippen molar-refractivity contribution in [2.75, 3.05) is 12.4 Å². The molecule has 0 fully saturated rings. The molecule has 0 saturated heterocycles. The Morgan fingerprint density at radius 1 is 1.33 bits per heavy atom. The monoisotopic (exact) mass is 287 g/mol. The number of anilines is 1. The fourth-order valence-corrected chi connectivity index (χ4v) is 1.99. The minimum Gasteiger partial charge on any atom is -0.497 e. The van der Waals surface area contributed by atoms with Crippen LogP contribution in [0.4, 0.5) is 11.5 Å². The number of benzene rings is 1. The molecule has 110 valence electrons. The SMILES string of the molecule is COc1ccc(C(C)Nc2ncc(C)cc2[N+](=O)[O-])cc1. The van der Waals surface area contributed by atoms with Gasteiger partial charge >= 0.3 is 5.69 Å². The fourth-order valence-electron chi connectivity index (χ4n) is 1.99. The average molecular weight is 287 g/mol. The summed E-state index contributed by atoms with van der Waals surface area (Å²) >= 11 is 0. The molecule has 1 aromatic heterocycles. The number of hydrogen-bond acceptors (Lipinski definition) is 5. The van der Waals surface area contributed by atoms with Gasteiger partial charge in [0.05, 0.1) is 18.1 Å². The number of nitrogens with one attached hydrogen (secondary N) is 1. The second-order valence-electron chi connectivity index (χ2n) is 4.78. The summed E-state index contributed by atoms with van der Waals surface area (Å²) in [4.78, 5) is 14.8. The van der Waals surface area contributed by atoms with Crippen molar-refractivity contribution in [3.05, 3.63) is 57.8 Å². The third-order valence-corrected chi connectivity index (χ3v) is 3.17. The van der Waals surface area contributed by atoms with Gasteiger partial charge in [-0.25, -0.2) is 4.98 Å². The van der Waals surface area contributed by atoms with E-state index in [2.05, 4.69) is 10.3 Å². The topological polar surface area (TPSA) is 77.3 Å². The molecule has 0 saturated carbocycles. The minimum atomic E-state index is -0.428. The lowest BCUT2D eigenvalue weighted by molar-refractivity contribution is -0.384. The number of hydrogen-bond donors (Lipinski definition) is 1. The maximum atomic E-state index is 11.1. The summed E-state index contributed by atoms with van der Waals surface area (Å²) in [5, 5.41) is 14.2. The maximum absolute atomic E-state index is 11.1. The third kappa shape index (κ3) is 3.47. The number of rotatable bonds is 5. The van der Waals surface area contributed by atoms with Crippen molar-refractivity contribution in [3.63, 3.8) is 0 Å². The van der Waals surface area contributed by atoms with Gasteiger partial charge in [-0.1, -0.05) is 12.1 Å². The van der Waals surface area contributed by atoms with Gasteiger partial charge in [0.25, 0.3) is 0 Å². The summed E-state index contributed by atoms with van der Waals surface area (Å²) < 4.78 is 5.11. The molecule has 1 aromatic carbocycles. The maximum Gasteiger partial charge on any atom is 0.311 e. The zero-order valence-corrected chi connectivity index (χ0v) is 12.2. The number of nitro groups is 1. The lowest BCUT2D eigenvalue weighted by Crippen LogP contribution is -2.10. The minimum absolute atomic E-state index is 0.0182. The molecule has 2 rings (SSSR count). The first-order chi connectivity index (χ1) is 10.0. The first-order valence-electron chi connectivity index (χ1n) is 6.53. The molecular formula is C15H17N3O3. The van der Waals surface area contributed by atoms with Gasteiger partial charge in [0, 0.05) is 12.3 Å². The highest BCUT2D eigenvalue weighted by molar-refractivity contribution is 5.57. The molecule has 0 bridgehead atoms.